The first kappa shape index (κ1) is 9.06. The number of phenols is 1. The van der Waals surface area contributed by atoms with Crippen molar-refractivity contribution in [2.75, 3.05) is 7.11 Å². The van der Waals surface area contributed by atoms with Crippen molar-refractivity contribution in [1.82, 2.24) is 0 Å². The summed E-state index contributed by atoms with van der Waals surface area (Å²) < 4.78 is 5.08. The molecule has 0 aromatic heterocycles. The van der Waals surface area contributed by atoms with E-state index in [1.165, 1.54) is 13.2 Å². The lowest BCUT2D eigenvalue weighted by Crippen LogP contribution is -2.12. The molecule has 0 amide bonds. The molecule has 0 unspecified atom stereocenters. The Balaban J connectivity index is 2.61. The molecule has 1 N–H and O–H groups in total. The third kappa shape index (κ3) is 1.35. The van der Waals surface area contributed by atoms with Gasteiger partial charge in [0.1, 0.15) is 11.5 Å². The summed E-state index contributed by atoms with van der Waals surface area (Å²) in [4.78, 5) is 11.6. The molecule has 0 bridgehead atoms. The summed E-state index contributed by atoms with van der Waals surface area (Å²) in [5.41, 5.74) is 1.55. The van der Waals surface area contributed by atoms with Crippen molar-refractivity contribution in [2.45, 2.75) is 19.3 Å². The van der Waals surface area contributed by atoms with Gasteiger partial charge >= 0.3 is 0 Å². The normalized spacial score (nSPS) is 15.1. The second-order valence-electron chi connectivity index (χ2n) is 3.46. The lowest BCUT2D eigenvalue weighted by atomic mass is 9.90. The van der Waals surface area contributed by atoms with Gasteiger partial charge in [0.2, 0.25) is 0 Å². The third-order valence-electron chi connectivity index (χ3n) is 2.52. The van der Waals surface area contributed by atoms with Gasteiger partial charge < -0.3 is 9.84 Å². The molecule has 1 aliphatic carbocycles. The number of aromatic hydroxyl groups is 1. The van der Waals surface area contributed by atoms with E-state index in [-0.39, 0.29) is 11.5 Å². The lowest BCUT2D eigenvalue weighted by Gasteiger charge is -2.17. The smallest absolute Gasteiger partial charge is 0.166 e. The minimum Gasteiger partial charge on any atom is -0.508 e. The number of hydrogen-bond acceptors (Lipinski definition) is 3. The van der Waals surface area contributed by atoms with Crippen LogP contribution in [-0.2, 0) is 6.42 Å². The number of carbonyl (C=O) groups excluding carboxylic acids is 1. The van der Waals surface area contributed by atoms with Crippen LogP contribution in [0.15, 0.2) is 12.1 Å². The average molecular weight is 192 g/mol. The second-order valence-corrected chi connectivity index (χ2v) is 3.46. The molecular weight excluding hydrogens is 180 g/mol. The molecule has 14 heavy (non-hydrogen) atoms. The Morgan fingerprint density at radius 3 is 2.86 bits per heavy atom. The molecule has 0 aliphatic heterocycles. The standard InChI is InChI=1S/C11H12O3/c1-14-10-6-8(12)5-7-3-2-4-9(13)11(7)10/h5-6,12H,2-4H2,1H3. The van der Waals surface area contributed by atoms with Crippen LogP contribution in [0.2, 0.25) is 0 Å². The molecule has 0 saturated carbocycles. The van der Waals surface area contributed by atoms with Crippen LogP contribution >= 0.6 is 0 Å². The fraction of sp³-hybridized carbons (Fsp3) is 0.364. The number of hydrogen-bond donors (Lipinski definition) is 1. The monoisotopic (exact) mass is 192 g/mol. The van der Waals surface area contributed by atoms with Gasteiger partial charge in [0, 0.05) is 12.5 Å². The van der Waals surface area contributed by atoms with E-state index < -0.39 is 0 Å². The number of ether oxygens (including phenoxy) is 1. The van der Waals surface area contributed by atoms with Crippen molar-refractivity contribution in [1.29, 1.82) is 0 Å². The van der Waals surface area contributed by atoms with Crippen LogP contribution in [0.5, 0.6) is 11.5 Å². The summed E-state index contributed by atoms with van der Waals surface area (Å²) in [6.07, 6.45) is 2.28. The zero-order valence-electron chi connectivity index (χ0n) is 8.04. The van der Waals surface area contributed by atoms with Crippen LogP contribution < -0.4 is 4.74 Å². The highest BCUT2D eigenvalue weighted by atomic mass is 16.5. The predicted molar refractivity (Wildman–Crippen MR) is 51.9 cm³/mol. The Morgan fingerprint density at radius 2 is 2.14 bits per heavy atom. The van der Waals surface area contributed by atoms with Crippen LogP contribution in [0.1, 0.15) is 28.8 Å². The number of rotatable bonds is 1. The van der Waals surface area contributed by atoms with Gasteiger partial charge in [-0.15, -0.1) is 0 Å². The maximum absolute atomic E-state index is 11.6. The molecule has 0 fully saturated rings. The number of aryl methyl sites for hydroxylation is 1. The maximum atomic E-state index is 11.6. The molecule has 3 nitrogen and oxygen atoms in total. The zero-order valence-corrected chi connectivity index (χ0v) is 8.04. The second kappa shape index (κ2) is 3.33. The first-order valence-electron chi connectivity index (χ1n) is 4.65. The SMILES string of the molecule is COc1cc(O)cc2c1C(=O)CCC2. The number of methoxy groups -OCH3 is 1. The van der Waals surface area contributed by atoms with E-state index in [2.05, 4.69) is 0 Å². The van der Waals surface area contributed by atoms with Gasteiger partial charge in [0.15, 0.2) is 5.78 Å². The van der Waals surface area contributed by atoms with Gasteiger partial charge in [-0.05, 0) is 24.5 Å². The summed E-state index contributed by atoms with van der Waals surface area (Å²) in [7, 11) is 1.51. The van der Waals surface area contributed by atoms with Crippen molar-refractivity contribution in [3.05, 3.63) is 23.3 Å². The Morgan fingerprint density at radius 1 is 1.36 bits per heavy atom. The maximum Gasteiger partial charge on any atom is 0.166 e. The largest absolute Gasteiger partial charge is 0.508 e. The molecule has 0 atom stereocenters. The van der Waals surface area contributed by atoms with Crippen molar-refractivity contribution >= 4 is 5.78 Å². The van der Waals surface area contributed by atoms with E-state index >= 15 is 0 Å². The lowest BCUT2D eigenvalue weighted by molar-refractivity contribution is 0.0969. The molecule has 1 aromatic rings. The number of fused-ring (bicyclic) bond motifs is 1. The average Bonchev–Trinajstić information content (AvgIpc) is 2.16. The quantitative estimate of drug-likeness (QED) is 0.739. The Bertz CT molecular complexity index is 365. The number of phenolic OH excluding ortho intramolecular Hbond substituents is 1. The minimum atomic E-state index is 0.114. The molecule has 1 aliphatic rings. The van der Waals surface area contributed by atoms with Gasteiger partial charge in [-0.1, -0.05) is 0 Å². The molecule has 3 heteroatoms. The highest BCUT2D eigenvalue weighted by molar-refractivity contribution is 6.01. The Hall–Kier alpha value is -1.51. The van der Waals surface area contributed by atoms with Crippen LogP contribution in [0, 0.1) is 0 Å². The highest BCUT2D eigenvalue weighted by Gasteiger charge is 2.22. The van der Waals surface area contributed by atoms with E-state index in [4.69, 9.17) is 4.74 Å². The van der Waals surface area contributed by atoms with Crippen LogP contribution in [0.3, 0.4) is 0 Å². The molecule has 0 heterocycles. The Kier molecular flexibility index (Phi) is 2.15. The van der Waals surface area contributed by atoms with Gasteiger partial charge in [-0.25, -0.2) is 0 Å². The summed E-state index contributed by atoms with van der Waals surface area (Å²) in [6.45, 7) is 0. The first-order chi connectivity index (χ1) is 6.72. The summed E-state index contributed by atoms with van der Waals surface area (Å²) in [5, 5.41) is 9.40. The van der Waals surface area contributed by atoms with E-state index in [1.54, 1.807) is 6.07 Å². The van der Waals surface area contributed by atoms with Crippen molar-refractivity contribution in [3.8, 4) is 11.5 Å². The fourth-order valence-corrected chi connectivity index (χ4v) is 1.90. The van der Waals surface area contributed by atoms with E-state index in [1.807, 2.05) is 0 Å². The van der Waals surface area contributed by atoms with Crippen molar-refractivity contribution in [2.24, 2.45) is 0 Å². The van der Waals surface area contributed by atoms with Crippen molar-refractivity contribution < 1.29 is 14.6 Å². The van der Waals surface area contributed by atoms with Gasteiger partial charge in [-0.3, -0.25) is 4.79 Å². The minimum absolute atomic E-state index is 0.114. The zero-order chi connectivity index (χ0) is 10.1. The third-order valence-corrected chi connectivity index (χ3v) is 2.52. The number of carbonyl (C=O) groups is 1. The number of ketones is 1. The van der Waals surface area contributed by atoms with E-state index in [0.29, 0.717) is 17.7 Å². The summed E-state index contributed by atoms with van der Waals surface area (Å²) >= 11 is 0. The number of benzene rings is 1. The molecular formula is C11H12O3. The van der Waals surface area contributed by atoms with Gasteiger partial charge in [0.05, 0.1) is 12.7 Å². The topological polar surface area (TPSA) is 46.5 Å². The molecule has 0 spiro atoms. The van der Waals surface area contributed by atoms with E-state index in [9.17, 15) is 9.90 Å². The van der Waals surface area contributed by atoms with Gasteiger partial charge in [0.25, 0.3) is 0 Å². The fourth-order valence-electron chi connectivity index (χ4n) is 1.90. The number of Topliss-reactive ketones (excluding diaryl/α,β-unsaturated/α-hetero) is 1. The van der Waals surface area contributed by atoms with Crippen LogP contribution in [0.25, 0.3) is 0 Å². The van der Waals surface area contributed by atoms with E-state index in [0.717, 1.165) is 18.4 Å². The van der Waals surface area contributed by atoms with Gasteiger partial charge in [-0.2, -0.15) is 0 Å². The molecule has 74 valence electrons. The van der Waals surface area contributed by atoms with Crippen LogP contribution in [0.4, 0.5) is 0 Å². The molecule has 2 rings (SSSR count). The molecule has 1 aromatic carbocycles. The summed E-state index contributed by atoms with van der Waals surface area (Å²) in [6, 6.07) is 3.14. The Labute approximate surface area is 82.3 Å². The predicted octanol–water partition coefficient (Wildman–Crippen LogP) is 1.92. The molecule has 0 saturated heterocycles. The molecule has 0 radical (unpaired) electrons. The summed E-state index contributed by atoms with van der Waals surface area (Å²) in [5.74, 6) is 0.767. The first-order valence-corrected chi connectivity index (χ1v) is 4.65. The van der Waals surface area contributed by atoms with Crippen LogP contribution in [-0.4, -0.2) is 18.0 Å². The highest BCUT2D eigenvalue weighted by Crippen LogP contribution is 2.33. The van der Waals surface area contributed by atoms with Crippen molar-refractivity contribution in [3.63, 3.8) is 0 Å².